The maximum absolute atomic E-state index is 13.0. The van der Waals surface area contributed by atoms with Crippen LogP contribution in [0.1, 0.15) is 29.1 Å². The van der Waals surface area contributed by atoms with Gasteiger partial charge in [0.2, 0.25) is 5.91 Å². The van der Waals surface area contributed by atoms with Gasteiger partial charge in [0.05, 0.1) is 11.9 Å². The van der Waals surface area contributed by atoms with Crippen LogP contribution in [0.25, 0.3) is 0 Å². The zero-order valence-electron chi connectivity index (χ0n) is 15.9. The number of anilines is 1. The first kappa shape index (κ1) is 18.7. The first-order chi connectivity index (χ1) is 14.1. The molecule has 0 aliphatic carbocycles. The van der Waals surface area contributed by atoms with Crippen LogP contribution in [-0.2, 0) is 4.79 Å². The topological polar surface area (TPSA) is 97.6 Å². The fourth-order valence-electron chi connectivity index (χ4n) is 3.34. The van der Waals surface area contributed by atoms with Crippen LogP contribution in [0.3, 0.4) is 0 Å². The highest BCUT2D eigenvalue weighted by Gasteiger charge is 2.36. The quantitative estimate of drug-likeness (QED) is 0.715. The second-order valence-corrected chi connectivity index (χ2v) is 6.69. The molecule has 3 heterocycles. The van der Waals surface area contributed by atoms with Crippen LogP contribution in [0.15, 0.2) is 59.6 Å². The first-order valence-electron chi connectivity index (χ1n) is 9.32. The van der Waals surface area contributed by atoms with Crippen molar-refractivity contribution in [1.82, 2.24) is 14.9 Å². The van der Waals surface area contributed by atoms with Gasteiger partial charge in [0, 0.05) is 12.7 Å². The van der Waals surface area contributed by atoms with Crippen molar-refractivity contribution in [2.24, 2.45) is 0 Å². The highest BCUT2D eigenvalue weighted by atomic mass is 16.5. The van der Waals surface area contributed by atoms with Gasteiger partial charge in [-0.2, -0.15) is 0 Å². The van der Waals surface area contributed by atoms with Gasteiger partial charge in [0.15, 0.2) is 17.8 Å². The van der Waals surface area contributed by atoms with Crippen LogP contribution in [-0.4, -0.2) is 39.3 Å². The summed E-state index contributed by atoms with van der Waals surface area (Å²) in [6, 6.07) is 10.1. The van der Waals surface area contributed by atoms with E-state index in [0.29, 0.717) is 35.9 Å². The Balaban J connectivity index is 1.51. The van der Waals surface area contributed by atoms with E-state index in [1.807, 2.05) is 12.1 Å². The van der Waals surface area contributed by atoms with E-state index in [9.17, 15) is 9.59 Å². The minimum Gasteiger partial charge on any atom is -0.454 e. The molecule has 0 radical (unpaired) electrons. The zero-order chi connectivity index (χ0) is 20.2. The molecule has 2 aromatic heterocycles. The summed E-state index contributed by atoms with van der Waals surface area (Å²) in [5.74, 6) is 0.940. The van der Waals surface area contributed by atoms with Crippen LogP contribution in [0.5, 0.6) is 11.5 Å². The zero-order valence-corrected chi connectivity index (χ0v) is 15.9. The molecule has 0 saturated carbocycles. The molecular weight excluding hydrogens is 372 g/mol. The van der Waals surface area contributed by atoms with Crippen LogP contribution in [0.2, 0.25) is 0 Å². The Morgan fingerprint density at radius 2 is 2.10 bits per heavy atom. The molecule has 1 atom stereocenters. The van der Waals surface area contributed by atoms with Crippen LogP contribution in [0.4, 0.5) is 5.69 Å². The number of rotatable bonds is 5. The summed E-state index contributed by atoms with van der Waals surface area (Å²) in [6.07, 6.45) is 5.81. The Hall–Kier alpha value is -3.68. The SMILES string of the molecule is Cc1ocnc1C(=O)N1CCCC1C(=O)Nc1ccccc1Oc1cccnc1. The molecule has 1 fully saturated rings. The lowest BCUT2D eigenvalue weighted by atomic mass is 10.2. The number of aryl methyl sites for hydroxylation is 1. The summed E-state index contributed by atoms with van der Waals surface area (Å²) >= 11 is 0. The molecule has 1 aromatic carbocycles. The molecule has 2 amide bonds. The first-order valence-corrected chi connectivity index (χ1v) is 9.32. The molecule has 8 heteroatoms. The van der Waals surface area contributed by atoms with E-state index in [0.717, 1.165) is 6.42 Å². The van der Waals surface area contributed by atoms with Crippen molar-refractivity contribution in [3.63, 3.8) is 0 Å². The molecule has 8 nitrogen and oxygen atoms in total. The fraction of sp³-hybridized carbons (Fsp3) is 0.238. The predicted octanol–water partition coefficient (Wildman–Crippen LogP) is 3.41. The summed E-state index contributed by atoms with van der Waals surface area (Å²) in [7, 11) is 0. The number of hydrogen-bond acceptors (Lipinski definition) is 6. The lowest BCUT2D eigenvalue weighted by molar-refractivity contribution is -0.119. The van der Waals surface area contributed by atoms with E-state index in [2.05, 4.69) is 15.3 Å². The number of hydrogen-bond donors (Lipinski definition) is 1. The van der Waals surface area contributed by atoms with Gasteiger partial charge >= 0.3 is 0 Å². The molecule has 3 aromatic rings. The van der Waals surface area contributed by atoms with Crippen molar-refractivity contribution in [3.8, 4) is 11.5 Å². The number of aromatic nitrogens is 2. The highest BCUT2D eigenvalue weighted by molar-refractivity contribution is 6.01. The van der Waals surface area contributed by atoms with Crippen molar-refractivity contribution in [2.45, 2.75) is 25.8 Å². The second-order valence-electron chi connectivity index (χ2n) is 6.69. The molecular formula is C21H20N4O4. The van der Waals surface area contributed by atoms with Gasteiger partial charge in [0.1, 0.15) is 17.6 Å². The number of nitrogens with one attached hydrogen (secondary N) is 1. The number of pyridine rings is 1. The van der Waals surface area contributed by atoms with E-state index < -0.39 is 6.04 Å². The van der Waals surface area contributed by atoms with E-state index >= 15 is 0 Å². The third-order valence-electron chi connectivity index (χ3n) is 4.77. The molecule has 1 saturated heterocycles. The molecule has 29 heavy (non-hydrogen) atoms. The van der Waals surface area contributed by atoms with Crippen LogP contribution < -0.4 is 10.1 Å². The average molecular weight is 392 g/mol. The summed E-state index contributed by atoms with van der Waals surface area (Å²) in [6.45, 7) is 2.18. The molecule has 0 spiro atoms. The van der Waals surface area contributed by atoms with E-state index in [1.165, 1.54) is 6.39 Å². The second kappa shape index (κ2) is 8.14. The summed E-state index contributed by atoms with van der Waals surface area (Å²) in [5.41, 5.74) is 0.767. The lowest BCUT2D eigenvalue weighted by Crippen LogP contribution is -2.43. The fourth-order valence-corrected chi connectivity index (χ4v) is 3.34. The summed E-state index contributed by atoms with van der Waals surface area (Å²) in [5, 5.41) is 2.90. The van der Waals surface area contributed by atoms with Gasteiger partial charge in [-0.25, -0.2) is 4.98 Å². The standard InChI is InChI=1S/C21H20N4O4/c1-14-19(23-13-28-14)21(27)25-11-5-8-17(25)20(26)24-16-7-2-3-9-18(16)29-15-6-4-10-22-12-15/h2-4,6-7,9-10,12-13,17H,5,8,11H2,1H3,(H,24,26). The van der Waals surface area contributed by atoms with Crippen LogP contribution in [0, 0.1) is 6.92 Å². The number of nitrogens with zero attached hydrogens (tertiary/aromatic N) is 3. The van der Waals surface area contributed by atoms with E-state index in [4.69, 9.17) is 9.15 Å². The Morgan fingerprint density at radius 3 is 2.86 bits per heavy atom. The van der Waals surface area contributed by atoms with Gasteiger partial charge in [-0.3, -0.25) is 14.6 Å². The lowest BCUT2D eigenvalue weighted by Gasteiger charge is -2.23. The van der Waals surface area contributed by atoms with Gasteiger partial charge in [0.25, 0.3) is 5.91 Å². The largest absolute Gasteiger partial charge is 0.454 e. The normalized spacial score (nSPS) is 15.9. The maximum atomic E-state index is 13.0. The molecule has 148 valence electrons. The number of benzene rings is 1. The predicted molar refractivity (Wildman–Crippen MR) is 105 cm³/mol. The molecule has 1 aliphatic heterocycles. The highest BCUT2D eigenvalue weighted by Crippen LogP contribution is 2.30. The molecule has 1 N–H and O–H groups in total. The van der Waals surface area contributed by atoms with E-state index in [-0.39, 0.29) is 17.5 Å². The monoisotopic (exact) mass is 392 g/mol. The van der Waals surface area contributed by atoms with Gasteiger partial charge < -0.3 is 19.4 Å². The Labute approximate surface area is 167 Å². The average Bonchev–Trinajstić information content (AvgIpc) is 3.39. The van der Waals surface area contributed by atoms with Crippen molar-refractivity contribution in [3.05, 3.63) is 66.6 Å². The number of carbonyl (C=O) groups excluding carboxylic acids is 2. The Bertz CT molecular complexity index is 1020. The minimum atomic E-state index is -0.579. The van der Waals surface area contributed by atoms with Crippen molar-refractivity contribution in [2.75, 3.05) is 11.9 Å². The van der Waals surface area contributed by atoms with Gasteiger partial charge in [-0.05, 0) is 44.0 Å². The molecule has 1 unspecified atom stereocenters. The van der Waals surface area contributed by atoms with Gasteiger partial charge in [-0.15, -0.1) is 0 Å². The summed E-state index contributed by atoms with van der Waals surface area (Å²) < 4.78 is 11.0. The Kier molecular flexibility index (Phi) is 5.24. The molecule has 1 aliphatic rings. The Morgan fingerprint density at radius 1 is 1.24 bits per heavy atom. The number of carbonyl (C=O) groups is 2. The van der Waals surface area contributed by atoms with Gasteiger partial charge in [-0.1, -0.05) is 12.1 Å². The van der Waals surface area contributed by atoms with Crippen molar-refractivity contribution >= 4 is 17.5 Å². The van der Waals surface area contributed by atoms with Crippen LogP contribution >= 0.6 is 0 Å². The maximum Gasteiger partial charge on any atom is 0.276 e. The number of ether oxygens (including phenoxy) is 1. The number of oxazole rings is 1. The number of para-hydroxylation sites is 2. The van der Waals surface area contributed by atoms with Crippen molar-refractivity contribution in [1.29, 1.82) is 0 Å². The van der Waals surface area contributed by atoms with E-state index in [1.54, 1.807) is 48.5 Å². The van der Waals surface area contributed by atoms with Crippen molar-refractivity contribution < 1.29 is 18.7 Å². The third-order valence-corrected chi connectivity index (χ3v) is 4.77. The smallest absolute Gasteiger partial charge is 0.276 e. The molecule has 0 bridgehead atoms. The summed E-state index contributed by atoms with van der Waals surface area (Å²) in [4.78, 5) is 35.3. The number of amides is 2. The minimum absolute atomic E-state index is 0.241. The number of likely N-dealkylation sites (tertiary alicyclic amines) is 1. The molecule has 4 rings (SSSR count). The third kappa shape index (κ3) is 3.96.